The highest BCUT2D eigenvalue weighted by Crippen LogP contribution is 1.68. The van der Waals surface area contributed by atoms with Crippen LogP contribution in [-0.2, 0) is 0 Å². The lowest BCUT2D eigenvalue weighted by molar-refractivity contribution is 0.555. The minimum atomic E-state index is -0.544. The third-order valence-corrected chi connectivity index (χ3v) is 0.225. The maximum absolute atomic E-state index is 7.94. The molecule has 0 aromatic heterocycles. The molecule has 0 amide bonds. The van der Waals surface area contributed by atoms with Gasteiger partial charge in [-0.2, -0.15) is 0 Å². The molecular weight excluding hydrogens is 102 g/mol. The van der Waals surface area contributed by atoms with Crippen LogP contribution in [0.5, 0.6) is 0 Å². The summed E-state index contributed by atoms with van der Waals surface area (Å²) in [6.07, 6.45) is 0. The van der Waals surface area contributed by atoms with E-state index in [1.54, 1.807) is 0 Å². The number of aliphatic hydroxyl groups is 1. The first kappa shape index (κ1) is 5.29. The highest BCUT2D eigenvalue weighted by Gasteiger charge is 1.74. The summed E-state index contributed by atoms with van der Waals surface area (Å²) >= 11 is 4.01. The topological polar surface area (TPSA) is 71.0 Å². The van der Waals surface area contributed by atoms with E-state index < -0.39 is 5.17 Å². The SMILES string of the molecule is NN=NC(O)=S. The summed E-state index contributed by atoms with van der Waals surface area (Å²) in [5.41, 5.74) is 0. The Morgan fingerprint density at radius 3 is 2.33 bits per heavy atom. The van der Waals surface area contributed by atoms with Gasteiger partial charge in [0.05, 0.1) is 0 Å². The van der Waals surface area contributed by atoms with Crippen LogP contribution in [0.25, 0.3) is 0 Å². The van der Waals surface area contributed by atoms with Crippen molar-refractivity contribution >= 4 is 17.4 Å². The van der Waals surface area contributed by atoms with Gasteiger partial charge in [-0.15, -0.1) is 0 Å². The lowest BCUT2D eigenvalue weighted by Gasteiger charge is -1.71. The molecule has 0 fully saturated rings. The van der Waals surface area contributed by atoms with E-state index in [1.165, 1.54) is 0 Å². The molecule has 0 unspecified atom stereocenters. The number of hydrogen-bond acceptors (Lipinski definition) is 2. The van der Waals surface area contributed by atoms with Crippen molar-refractivity contribution in [2.24, 2.45) is 16.2 Å². The molecule has 3 N–H and O–H groups in total. The van der Waals surface area contributed by atoms with Crippen molar-refractivity contribution in [2.75, 3.05) is 0 Å². The summed E-state index contributed by atoms with van der Waals surface area (Å²) in [4.78, 5) is 0. The molecule has 0 saturated heterocycles. The Morgan fingerprint density at radius 2 is 2.33 bits per heavy atom. The van der Waals surface area contributed by atoms with Crippen LogP contribution in [0.1, 0.15) is 0 Å². The number of nitrogens with two attached hydrogens (primary N) is 1. The second kappa shape index (κ2) is 2.52. The zero-order valence-electron chi connectivity index (χ0n) is 2.83. The lowest BCUT2D eigenvalue weighted by Crippen LogP contribution is -1.84. The minimum Gasteiger partial charge on any atom is -0.484 e. The Kier molecular flexibility index (Phi) is 2.22. The van der Waals surface area contributed by atoms with Crippen LogP contribution in [0, 0.1) is 0 Å². The van der Waals surface area contributed by atoms with Gasteiger partial charge in [0.2, 0.25) is 0 Å². The van der Waals surface area contributed by atoms with Gasteiger partial charge < -0.3 is 10.9 Å². The molecule has 0 spiro atoms. The predicted octanol–water partition coefficient (Wildman–Crippen LogP) is 0.155. The molecule has 0 heterocycles. The molecular formula is CH3N3OS. The summed E-state index contributed by atoms with van der Waals surface area (Å²) in [5.74, 6) is 4.44. The van der Waals surface area contributed by atoms with Crippen LogP contribution in [0.2, 0.25) is 0 Å². The number of rotatable bonds is 0. The van der Waals surface area contributed by atoms with Gasteiger partial charge in [0.15, 0.2) is 0 Å². The first-order valence-electron chi connectivity index (χ1n) is 1.11. The van der Waals surface area contributed by atoms with Crippen LogP contribution in [0.15, 0.2) is 10.3 Å². The van der Waals surface area contributed by atoms with Crippen LogP contribution in [0.4, 0.5) is 0 Å². The van der Waals surface area contributed by atoms with Crippen molar-refractivity contribution in [3.63, 3.8) is 0 Å². The molecule has 0 saturated carbocycles. The second-order valence-corrected chi connectivity index (χ2v) is 0.863. The van der Waals surface area contributed by atoms with E-state index in [0.717, 1.165) is 0 Å². The first-order valence-corrected chi connectivity index (χ1v) is 1.52. The van der Waals surface area contributed by atoms with E-state index >= 15 is 0 Å². The van der Waals surface area contributed by atoms with E-state index in [4.69, 9.17) is 5.11 Å². The Labute approximate surface area is 39.6 Å². The molecule has 0 radical (unpaired) electrons. The Hall–Kier alpha value is -0.710. The van der Waals surface area contributed by atoms with Gasteiger partial charge in [-0.05, 0) is 12.2 Å². The highest BCUT2D eigenvalue weighted by atomic mass is 32.1. The smallest absolute Gasteiger partial charge is 0.301 e. The monoisotopic (exact) mass is 105 g/mol. The number of aliphatic hydroxyl groups excluding tert-OH is 1. The molecule has 34 valence electrons. The van der Waals surface area contributed by atoms with Gasteiger partial charge >= 0.3 is 5.17 Å². The van der Waals surface area contributed by atoms with Gasteiger partial charge in [0.25, 0.3) is 0 Å². The molecule has 0 rings (SSSR count). The van der Waals surface area contributed by atoms with Crippen molar-refractivity contribution in [1.82, 2.24) is 0 Å². The van der Waals surface area contributed by atoms with Crippen molar-refractivity contribution < 1.29 is 5.11 Å². The summed E-state index contributed by atoms with van der Waals surface area (Å²) in [5, 5.41) is 12.9. The summed E-state index contributed by atoms with van der Waals surface area (Å²) in [6, 6.07) is 0. The van der Waals surface area contributed by atoms with Crippen LogP contribution in [0.3, 0.4) is 0 Å². The van der Waals surface area contributed by atoms with Crippen molar-refractivity contribution in [1.29, 1.82) is 0 Å². The second-order valence-electron chi connectivity index (χ2n) is 0.498. The average Bonchev–Trinajstić information content (AvgIpc) is 1.35. The summed E-state index contributed by atoms with van der Waals surface area (Å²) in [6.45, 7) is 0. The zero-order valence-corrected chi connectivity index (χ0v) is 3.64. The third-order valence-electron chi connectivity index (χ3n) is 0.143. The zero-order chi connectivity index (χ0) is 4.99. The van der Waals surface area contributed by atoms with E-state index in [9.17, 15) is 0 Å². The standard InChI is InChI=1S/CH3N3OS/c2-4-3-1(5)6/h(H3,2,3,5,6). The molecule has 5 heteroatoms. The molecule has 0 aliphatic heterocycles. The largest absolute Gasteiger partial charge is 0.484 e. The van der Waals surface area contributed by atoms with E-state index in [2.05, 4.69) is 28.4 Å². The third kappa shape index (κ3) is 3.29. The molecule has 0 aromatic rings. The van der Waals surface area contributed by atoms with Gasteiger partial charge in [-0.3, -0.25) is 0 Å². The fourth-order valence-electron chi connectivity index (χ4n) is 0.0494. The maximum Gasteiger partial charge on any atom is 0.301 e. The van der Waals surface area contributed by atoms with Crippen molar-refractivity contribution in [3.8, 4) is 0 Å². The molecule has 0 atom stereocenters. The summed E-state index contributed by atoms with van der Waals surface area (Å²) < 4.78 is 0. The van der Waals surface area contributed by atoms with Gasteiger partial charge in [0.1, 0.15) is 0 Å². The van der Waals surface area contributed by atoms with E-state index in [1.807, 2.05) is 0 Å². The predicted molar refractivity (Wildman–Crippen MR) is 24.3 cm³/mol. The van der Waals surface area contributed by atoms with Crippen LogP contribution < -0.4 is 5.84 Å². The van der Waals surface area contributed by atoms with E-state index in [0.29, 0.717) is 0 Å². The van der Waals surface area contributed by atoms with Crippen molar-refractivity contribution in [2.45, 2.75) is 0 Å². The lowest BCUT2D eigenvalue weighted by atomic mass is 11.4. The van der Waals surface area contributed by atoms with Crippen LogP contribution in [-0.4, -0.2) is 10.3 Å². The van der Waals surface area contributed by atoms with Gasteiger partial charge in [0, 0.05) is 0 Å². The molecule has 0 aliphatic rings. The fraction of sp³-hybridized carbons (Fsp3) is 0. The minimum absolute atomic E-state index is 0.544. The number of nitrogens with zero attached hydrogens (tertiary/aromatic N) is 2. The van der Waals surface area contributed by atoms with Gasteiger partial charge in [-0.1, -0.05) is 10.3 Å². The highest BCUT2D eigenvalue weighted by molar-refractivity contribution is 7.79. The van der Waals surface area contributed by atoms with Crippen LogP contribution >= 0.6 is 12.2 Å². The molecule has 4 nitrogen and oxygen atoms in total. The Balaban J connectivity index is 3.30. The maximum atomic E-state index is 7.94. The number of thiocarbonyl (C=S) groups is 1. The Morgan fingerprint density at radius 1 is 1.83 bits per heavy atom. The molecule has 0 aromatic carbocycles. The molecule has 0 bridgehead atoms. The van der Waals surface area contributed by atoms with Crippen molar-refractivity contribution in [3.05, 3.63) is 0 Å². The molecule has 0 aliphatic carbocycles. The fourth-order valence-corrected chi connectivity index (χ4v) is 0.0965. The quantitative estimate of drug-likeness (QED) is 0.199. The van der Waals surface area contributed by atoms with E-state index in [-0.39, 0.29) is 0 Å². The average molecular weight is 105 g/mol. The normalized spacial score (nSPS) is 9.33. The number of hydrogen-bond donors (Lipinski definition) is 2. The molecule has 6 heavy (non-hydrogen) atoms. The first-order chi connectivity index (χ1) is 2.77. The Bertz CT molecular complexity index is 78.9. The van der Waals surface area contributed by atoms with Gasteiger partial charge in [-0.25, -0.2) is 0 Å². The summed E-state index contributed by atoms with van der Waals surface area (Å²) in [7, 11) is 0.